The highest BCUT2D eigenvalue weighted by Gasteiger charge is 2.12. The molecular formula is C13H12N4O. The monoisotopic (exact) mass is 240 g/mol. The Kier molecular flexibility index (Phi) is 3.39. The lowest BCUT2D eigenvalue weighted by Gasteiger charge is -2.09. The summed E-state index contributed by atoms with van der Waals surface area (Å²) in [4.78, 5) is 8.32. The van der Waals surface area contributed by atoms with Crippen LogP contribution in [0.25, 0.3) is 11.3 Å². The zero-order chi connectivity index (χ0) is 13.0. The number of ether oxygens (including phenoxy) is 1. The van der Waals surface area contributed by atoms with Gasteiger partial charge in [0.15, 0.2) is 0 Å². The molecule has 2 heterocycles. The minimum Gasteiger partial charge on any atom is -0.477 e. The van der Waals surface area contributed by atoms with Crippen molar-refractivity contribution in [2.75, 3.05) is 12.3 Å². The Morgan fingerprint density at radius 2 is 2.33 bits per heavy atom. The normalized spacial score (nSPS) is 9.78. The number of nitriles is 1. The highest BCUT2D eigenvalue weighted by molar-refractivity contribution is 5.69. The molecule has 5 nitrogen and oxygen atoms in total. The van der Waals surface area contributed by atoms with Gasteiger partial charge in [0.1, 0.15) is 11.6 Å². The highest BCUT2D eigenvalue weighted by atomic mass is 16.5. The Labute approximate surface area is 105 Å². The van der Waals surface area contributed by atoms with Crippen LogP contribution in [0.2, 0.25) is 0 Å². The zero-order valence-electron chi connectivity index (χ0n) is 9.92. The number of anilines is 1. The van der Waals surface area contributed by atoms with Crippen LogP contribution in [0.5, 0.6) is 5.88 Å². The van der Waals surface area contributed by atoms with Gasteiger partial charge in [-0.15, -0.1) is 0 Å². The van der Waals surface area contributed by atoms with Crippen molar-refractivity contribution in [3.8, 4) is 23.2 Å². The maximum absolute atomic E-state index is 9.03. The SMILES string of the molecule is CCOc1nc(-c2cccnc2)cc(N)c1C#N. The van der Waals surface area contributed by atoms with Gasteiger partial charge in [0.05, 0.1) is 18.0 Å². The number of nitrogens with two attached hydrogens (primary N) is 1. The van der Waals surface area contributed by atoms with E-state index < -0.39 is 0 Å². The van der Waals surface area contributed by atoms with E-state index in [0.717, 1.165) is 5.56 Å². The van der Waals surface area contributed by atoms with Crippen LogP contribution in [0, 0.1) is 11.3 Å². The molecule has 0 amide bonds. The molecule has 0 unspecified atom stereocenters. The quantitative estimate of drug-likeness (QED) is 0.886. The molecule has 2 N–H and O–H groups in total. The Balaban J connectivity index is 2.55. The van der Waals surface area contributed by atoms with Crippen LogP contribution in [-0.2, 0) is 0 Å². The Morgan fingerprint density at radius 3 is 2.94 bits per heavy atom. The maximum Gasteiger partial charge on any atom is 0.234 e. The molecular weight excluding hydrogens is 228 g/mol. The summed E-state index contributed by atoms with van der Waals surface area (Å²) in [5.74, 6) is 0.263. The molecule has 0 aliphatic carbocycles. The highest BCUT2D eigenvalue weighted by Crippen LogP contribution is 2.27. The maximum atomic E-state index is 9.03. The molecule has 90 valence electrons. The summed E-state index contributed by atoms with van der Waals surface area (Å²) in [6.07, 6.45) is 3.36. The first-order valence-electron chi connectivity index (χ1n) is 5.50. The van der Waals surface area contributed by atoms with Gasteiger partial charge in [0.25, 0.3) is 0 Å². The van der Waals surface area contributed by atoms with Crippen LogP contribution < -0.4 is 10.5 Å². The van der Waals surface area contributed by atoms with Crippen molar-refractivity contribution in [2.24, 2.45) is 0 Å². The fourth-order valence-corrected chi connectivity index (χ4v) is 1.56. The Hall–Kier alpha value is -2.61. The number of pyridine rings is 2. The van der Waals surface area contributed by atoms with E-state index in [1.807, 2.05) is 25.1 Å². The molecule has 0 atom stereocenters. The van der Waals surface area contributed by atoms with Crippen molar-refractivity contribution in [1.29, 1.82) is 5.26 Å². The molecule has 5 heteroatoms. The standard InChI is InChI=1S/C13H12N4O/c1-2-18-13-10(7-14)11(15)6-12(17-13)9-4-3-5-16-8-9/h3-6,8H,2H2,1H3,(H2,15,17). The van der Waals surface area contributed by atoms with Crippen LogP contribution in [0.1, 0.15) is 12.5 Å². The van der Waals surface area contributed by atoms with Crippen molar-refractivity contribution in [3.05, 3.63) is 36.2 Å². The van der Waals surface area contributed by atoms with E-state index in [0.29, 0.717) is 18.0 Å². The molecule has 0 saturated heterocycles. The van der Waals surface area contributed by atoms with E-state index in [2.05, 4.69) is 9.97 Å². The number of hydrogen-bond acceptors (Lipinski definition) is 5. The topological polar surface area (TPSA) is 84.8 Å². The number of nitrogen functional groups attached to an aromatic ring is 1. The second-order valence-electron chi connectivity index (χ2n) is 3.56. The van der Waals surface area contributed by atoms with Gasteiger partial charge in [0.2, 0.25) is 5.88 Å². The van der Waals surface area contributed by atoms with Crippen LogP contribution in [-0.4, -0.2) is 16.6 Å². The molecule has 0 spiro atoms. The summed E-state index contributed by atoms with van der Waals surface area (Å²) in [6.45, 7) is 2.26. The van der Waals surface area contributed by atoms with Crippen LogP contribution in [0.4, 0.5) is 5.69 Å². The summed E-state index contributed by atoms with van der Waals surface area (Å²) in [5.41, 5.74) is 7.93. The fraction of sp³-hybridized carbons (Fsp3) is 0.154. The Bertz CT molecular complexity index is 590. The van der Waals surface area contributed by atoms with E-state index in [1.54, 1.807) is 18.5 Å². The first-order chi connectivity index (χ1) is 8.76. The summed E-state index contributed by atoms with van der Waals surface area (Å²) < 4.78 is 5.34. The average Bonchev–Trinajstić information content (AvgIpc) is 2.40. The van der Waals surface area contributed by atoms with Gasteiger partial charge in [-0.3, -0.25) is 4.98 Å². The molecule has 0 aliphatic rings. The smallest absolute Gasteiger partial charge is 0.234 e. The first-order valence-corrected chi connectivity index (χ1v) is 5.50. The number of nitrogens with zero attached hydrogens (tertiary/aromatic N) is 3. The van der Waals surface area contributed by atoms with Crippen molar-refractivity contribution in [1.82, 2.24) is 9.97 Å². The summed E-state index contributed by atoms with van der Waals surface area (Å²) >= 11 is 0. The third-order valence-electron chi connectivity index (χ3n) is 2.37. The molecule has 0 aromatic carbocycles. The lowest BCUT2D eigenvalue weighted by molar-refractivity contribution is 0.326. The summed E-state index contributed by atoms with van der Waals surface area (Å²) in [7, 11) is 0. The fourth-order valence-electron chi connectivity index (χ4n) is 1.56. The lowest BCUT2D eigenvalue weighted by atomic mass is 10.1. The van der Waals surface area contributed by atoms with Gasteiger partial charge in [-0.2, -0.15) is 5.26 Å². The largest absolute Gasteiger partial charge is 0.477 e. The van der Waals surface area contributed by atoms with Gasteiger partial charge in [-0.1, -0.05) is 0 Å². The molecule has 2 aromatic rings. The average molecular weight is 240 g/mol. The van der Waals surface area contributed by atoms with Gasteiger partial charge in [0, 0.05) is 18.0 Å². The number of hydrogen-bond donors (Lipinski definition) is 1. The molecule has 0 aliphatic heterocycles. The third kappa shape index (κ3) is 2.23. The van der Waals surface area contributed by atoms with Gasteiger partial charge in [-0.25, -0.2) is 4.98 Å². The van der Waals surface area contributed by atoms with E-state index in [4.69, 9.17) is 15.7 Å². The van der Waals surface area contributed by atoms with Crippen molar-refractivity contribution < 1.29 is 4.74 Å². The van der Waals surface area contributed by atoms with Crippen LogP contribution in [0.3, 0.4) is 0 Å². The molecule has 18 heavy (non-hydrogen) atoms. The van der Waals surface area contributed by atoms with Crippen molar-refractivity contribution >= 4 is 5.69 Å². The number of aromatic nitrogens is 2. The third-order valence-corrected chi connectivity index (χ3v) is 2.37. The van der Waals surface area contributed by atoms with Gasteiger partial charge >= 0.3 is 0 Å². The first kappa shape index (κ1) is 11.9. The molecule has 2 aromatic heterocycles. The summed E-state index contributed by atoms with van der Waals surface area (Å²) in [5, 5.41) is 9.03. The van der Waals surface area contributed by atoms with E-state index >= 15 is 0 Å². The second kappa shape index (κ2) is 5.15. The molecule has 0 saturated carbocycles. The van der Waals surface area contributed by atoms with Gasteiger partial charge < -0.3 is 10.5 Å². The van der Waals surface area contributed by atoms with Crippen molar-refractivity contribution in [2.45, 2.75) is 6.92 Å². The molecule has 0 fully saturated rings. The number of rotatable bonds is 3. The predicted octanol–water partition coefficient (Wildman–Crippen LogP) is 2.00. The van der Waals surface area contributed by atoms with E-state index in [9.17, 15) is 0 Å². The van der Waals surface area contributed by atoms with Crippen LogP contribution in [0.15, 0.2) is 30.6 Å². The molecule has 0 bridgehead atoms. The van der Waals surface area contributed by atoms with Gasteiger partial charge in [-0.05, 0) is 25.1 Å². The summed E-state index contributed by atoms with van der Waals surface area (Å²) in [6, 6.07) is 7.33. The minimum atomic E-state index is 0.263. The van der Waals surface area contributed by atoms with Crippen molar-refractivity contribution in [3.63, 3.8) is 0 Å². The molecule has 0 radical (unpaired) electrons. The second-order valence-corrected chi connectivity index (χ2v) is 3.56. The van der Waals surface area contributed by atoms with E-state index in [-0.39, 0.29) is 11.4 Å². The minimum absolute atomic E-state index is 0.263. The zero-order valence-corrected chi connectivity index (χ0v) is 9.92. The predicted molar refractivity (Wildman–Crippen MR) is 67.8 cm³/mol. The Morgan fingerprint density at radius 1 is 1.50 bits per heavy atom. The lowest BCUT2D eigenvalue weighted by Crippen LogP contribution is -2.02. The van der Waals surface area contributed by atoms with E-state index in [1.165, 1.54) is 0 Å². The molecule has 2 rings (SSSR count). The van der Waals surface area contributed by atoms with Crippen LogP contribution >= 0.6 is 0 Å².